The van der Waals surface area contributed by atoms with E-state index >= 15 is 0 Å². The lowest BCUT2D eigenvalue weighted by atomic mass is 10.2. The molecule has 0 bridgehead atoms. The van der Waals surface area contributed by atoms with Gasteiger partial charge in [-0.1, -0.05) is 47.5 Å². The van der Waals surface area contributed by atoms with Crippen molar-refractivity contribution < 1.29 is 18.7 Å². The van der Waals surface area contributed by atoms with E-state index in [0.29, 0.717) is 30.3 Å². The molecule has 3 aromatic carbocycles. The van der Waals surface area contributed by atoms with Gasteiger partial charge in [-0.25, -0.2) is 4.39 Å². The maximum atomic E-state index is 14.0. The van der Waals surface area contributed by atoms with Gasteiger partial charge in [0.2, 0.25) is 0 Å². The fourth-order valence-corrected chi connectivity index (χ4v) is 5.93. The highest BCUT2D eigenvalue weighted by Gasteiger charge is 2.35. The first-order chi connectivity index (χ1) is 16.2. The number of hydrogen-bond donors (Lipinski definition) is 0. The minimum atomic E-state index is -0.469. The molecule has 3 aromatic rings. The van der Waals surface area contributed by atoms with Gasteiger partial charge >= 0.3 is 0 Å². The van der Waals surface area contributed by atoms with Crippen molar-refractivity contribution in [1.82, 2.24) is 4.90 Å². The number of halogens is 5. The molecule has 1 saturated heterocycles. The fraction of sp³-hybridized carbons (Fsp3) is 0.0833. The van der Waals surface area contributed by atoms with Crippen molar-refractivity contribution in [3.8, 4) is 5.75 Å². The molecule has 1 aliphatic heterocycles. The Morgan fingerprint density at radius 2 is 1.71 bits per heavy atom. The molecule has 34 heavy (non-hydrogen) atoms. The summed E-state index contributed by atoms with van der Waals surface area (Å²) in [6.07, 6.45) is 1.61. The number of rotatable bonds is 6. The molecule has 10 heteroatoms. The molecule has 0 unspecified atom stereocenters. The molecule has 0 radical (unpaired) electrons. The van der Waals surface area contributed by atoms with Crippen LogP contribution in [-0.4, -0.2) is 16.0 Å². The van der Waals surface area contributed by atoms with Crippen molar-refractivity contribution in [1.29, 1.82) is 0 Å². The third kappa shape index (κ3) is 5.69. The number of ether oxygens (including phenoxy) is 1. The number of amides is 2. The van der Waals surface area contributed by atoms with Crippen LogP contribution in [0.3, 0.4) is 0 Å². The van der Waals surface area contributed by atoms with Gasteiger partial charge in [0.15, 0.2) is 0 Å². The lowest BCUT2D eigenvalue weighted by molar-refractivity contribution is -0.123. The van der Waals surface area contributed by atoms with Crippen molar-refractivity contribution in [3.05, 3.63) is 101 Å². The number of carbonyl (C=O) groups excluding carboxylic acids is 2. The molecular weight excluding hydrogens is 632 g/mol. The molecular formula is C24H14Br2Cl2FNO3S. The zero-order valence-corrected chi connectivity index (χ0v) is 22.7. The average Bonchev–Trinajstić information content (AvgIpc) is 3.03. The van der Waals surface area contributed by atoms with Gasteiger partial charge in [-0.2, -0.15) is 0 Å². The van der Waals surface area contributed by atoms with E-state index in [1.807, 2.05) is 0 Å². The maximum Gasteiger partial charge on any atom is 0.293 e. The molecule has 0 N–H and O–H groups in total. The van der Waals surface area contributed by atoms with E-state index in [0.717, 1.165) is 22.2 Å². The molecule has 0 atom stereocenters. The molecule has 174 valence electrons. The number of carbonyl (C=O) groups is 2. The van der Waals surface area contributed by atoms with E-state index in [2.05, 4.69) is 31.9 Å². The van der Waals surface area contributed by atoms with Gasteiger partial charge in [-0.15, -0.1) is 0 Å². The second-order valence-corrected chi connectivity index (χ2v) is 10.7. The van der Waals surface area contributed by atoms with Gasteiger partial charge in [0.1, 0.15) is 18.2 Å². The summed E-state index contributed by atoms with van der Waals surface area (Å²) < 4.78 is 21.2. The van der Waals surface area contributed by atoms with E-state index in [1.54, 1.807) is 54.6 Å². The molecule has 1 aliphatic rings. The molecule has 0 saturated carbocycles. The van der Waals surface area contributed by atoms with Gasteiger partial charge in [0.05, 0.1) is 20.4 Å². The molecule has 1 heterocycles. The summed E-state index contributed by atoms with van der Waals surface area (Å²) in [5.74, 6) is -0.382. The third-order valence-corrected chi connectivity index (χ3v) is 7.54. The summed E-state index contributed by atoms with van der Waals surface area (Å²) in [4.78, 5) is 26.5. The van der Waals surface area contributed by atoms with Crippen molar-refractivity contribution in [2.45, 2.75) is 13.2 Å². The van der Waals surface area contributed by atoms with Crippen LogP contribution in [0.15, 0.2) is 68.4 Å². The Balaban J connectivity index is 1.51. The van der Waals surface area contributed by atoms with Crippen molar-refractivity contribution in [2.24, 2.45) is 0 Å². The Hall–Kier alpha value is -1.84. The Labute approximate surface area is 226 Å². The maximum absolute atomic E-state index is 14.0. The smallest absolute Gasteiger partial charge is 0.293 e. The Morgan fingerprint density at radius 1 is 1.00 bits per heavy atom. The summed E-state index contributed by atoms with van der Waals surface area (Å²) in [7, 11) is 0. The first kappa shape index (κ1) is 25.3. The predicted molar refractivity (Wildman–Crippen MR) is 141 cm³/mol. The minimum absolute atomic E-state index is 0.123. The standard InChI is InChI=1S/C24H14Br2Cl2FNO3S/c25-17-7-13(8-18(26)22(17)33-12-15-5-6-16(27)10-19(15)28)9-21-23(31)30(24(32)34-21)11-14-3-1-2-4-20(14)29/h1-10H,11-12H2/b21-9-. The quantitative estimate of drug-likeness (QED) is 0.252. The van der Waals surface area contributed by atoms with Gasteiger partial charge in [0.25, 0.3) is 11.1 Å². The SMILES string of the molecule is O=C1S/C(=C\c2cc(Br)c(OCc3ccc(Cl)cc3Cl)c(Br)c2)C(=O)N1Cc1ccccc1F. The molecule has 0 aliphatic carbocycles. The highest BCUT2D eigenvalue weighted by Crippen LogP contribution is 2.39. The summed E-state index contributed by atoms with van der Waals surface area (Å²) >= 11 is 19.9. The number of nitrogens with zero attached hydrogens (tertiary/aromatic N) is 1. The molecule has 2 amide bonds. The topological polar surface area (TPSA) is 46.6 Å². The van der Waals surface area contributed by atoms with Crippen LogP contribution >= 0.6 is 66.8 Å². The number of benzene rings is 3. The zero-order chi connectivity index (χ0) is 24.4. The van der Waals surface area contributed by atoms with Crippen LogP contribution in [0.1, 0.15) is 16.7 Å². The average molecular weight is 646 g/mol. The first-order valence-electron chi connectivity index (χ1n) is 9.77. The van der Waals surface area contributed by atoms with Gasteiger partial charge in [-0.3, -0.25) is 14.5 Å². The van der Waals surface area contributed by atoms with Gasteiger partial charge in [0, 0.05) is 21.2 Å². The molecule has 4 nitrogen and oxygen atoms in total. The Morgan fingerprint density at radius 3 is 2.38 bits per heavy atom. The Bertz CT molecular complexity index is 1310. The van der Waals surface area contributed by atoms with E-state index in [9.17, 15) is 14.0 Å². The highest BCUT2D eigenvalue weighted by atomic mass is 79.9. The summed E-state index contributed by atoms with van der Waals surface area (Å²) in [5, 5.41) is 0.596. The first-order valence-corrected chi connectivity index (χ1v) is 12.9. The fourth-order valence-electron chi connectivity index (χ4n) is 3.17. The van der Waals surface area contributed by atoms with Crippen molar-refractivity contribution >= 4 is 84.0 Å². The molecule has 4 rings (SSSR count). The van der Waals surface area contributed by atoms with Crippen LogP contribution in [0.4, 0.5) is 9.18 Å². The minimum Gasteiger partial charge on any atom is -0.486 e. The zero-order valence-electron chi connectivity index (χ0n) is 17.2. The van der Waals surface area contributed by atoms with Crippen LogP contribution in [0.5, 0.6) is 5.75 Å². The van der Waals surface area contributed by atoms with Crippen molar-refractivity contribution in [2.75, 3.05) is 0 Å². The van der Waals surface area contributed by atoms with Crippen LogP contribution in [0.25, 0.3) is 6.08 Å². The predicted octanol–water partition coefficient (Wildman–Crippen LogP) is 8.47. The summed E-state index contributed by atoms with van der Waals surface area (Å²) in [6, 6.07) is 14.8. The van der Waals surface area contributed by atoms with Crippen LogP contribution in [0.2, 0.25) is 10.0 Å². The summed E-state index contributed by atoms with van der Waals surface area (Å²) in [6.45, 7) is 0.101. The number of thioether (sulfide) groups is 1. The summed E-state index contributed by atoms with van der Waals surface area (Å²) in [5.41, 5.74) is 1.73. The Kier molecular flexibility index (Phi) is 8.05. The largest absolute Gasteiger partial charge is 0.486 e. The number of hydrogen-bond acceptors (Lipinski definition) is 4. The second-order valence-electron chi connectivity index (χ2n) is 7.20. The lowest BCUT2D eigenvalue weighted by Crippen LogP contribution is -2.27. The third-order valence-electron chi connectivity index (χ3n) is 4.87. The van der Waals surface area contributed by atoms with E-state index in [1.165, 1.54) is 6.07 Å². The molecule has 0 aromatic heterocycles. The van der Waals surface area contributed by atoms with E-state index in [-0.39, 0.29) is 23.6 Å². The van der Waals surface area contributed by atoms with Crippen LogP contribution in [0, 0.1) is 5.82 Å². The second kappa shape index (κ2) is 10.8. The number of imide groups is 1. The van der Waals surface area contributed by atoms with Gasteiger partial charge < -0.3 is 4.74 Å². The molecule has 1 fully saturated rings. The van der Waals surface area contributed by atoms with Crippen LogP contribution in [-0.2, 0) is 17.9 Å². The van der Waals surface area contributed by atoms with E-state index in [4.69, 9.17) is 27.9 Å². The van der Waals surface area contributed by atoms with E-state index < -0.39 is 17.0 Å². The van der Waals surface area contributed by atoms with Crippen LogP contribution < -0.4 is 4.74 Å². The monoisotopic (exact) mass is 643 g/mol. The van der Waals surface area contributed by atoms with Gasteiger partial charge in [-0.05, 0) is 85.6 Å². The normalized spacial score (nSPS) is 14.9. The molecule has 0 spiro atoms. The lowest BCUT2D eigenvalue weighted by Gasteiger charge is -2.13. The highest BCUT2D eigenvalue weighted by molar-refractivity contribution is 9.11. The van der Waals surface area contributed by atoms with Crippen molar-refractivity contribution in [3.63, 3.8) is 0 Å².